The molecule has 0 aromatic heterocycles. The summed E-state index contributed by atoms with van der Waals surface area (Å²) in [5.74, 6) is 0.148. The summed E-state index contributed by atoms with van der Waals surface area (Å²) in [6.45, 7) is -1.76. The Morgan fingerprint density at radius 3 is 2.56 bits per heavy atom. The maximum atomic E-state index is 13.0. The summed E-state index contributed by atoms with van der Waals surface area (Å²) in [6.07, 6.45) is 0. The maximum Gasteiger partial charge on any atom is 0.372 e. The van der Waals surface area contributed by atoms with E-state index in [0.717, 1.165) is 12.1 Å². The van der Waals surface area contributed by atoms with Crippen LogP contribution in [0.2, 0.25) is 0 Å². The van der Waals surface area contributed by atoms with Gasteiger partial charge in [0.2, 0.25) is 9.84 Å². The van der Waals surface area contributed by atoms with Crippen molar-refractivity contribution in [2.75, 3.05) is 13.7 Å². The molecule has 1 rings (SSSR count). The van der Waals surface area contributed by atoms with Gasteiger partial charge in [-0.3, -0.25) is 0 Å². The molecule has 0 amide bonds. The van der Waals surface area contributed by atoms with Gasteiger partial charge in [-0.15, -0.1) is 0 Å². The fraction of sp³-hybridized carbons (Fsp3) is 0.333. The Hall–Kier alpha value is -1.21. The quantitative estimate of drug-likeness (QED) is 0.870. The van der Waals surface area contributed by atoms with Crippen molar-refractivity contribution >= 4 is 9.84 Å². The number of benzene rings is 1. The molecule has 0 aliphatic rings. The lowest BCUT2D eigenvalue weighted by molar-refractivity contribution is 0.0262. The molecular formula is C9H10F2O4S. The maximum absolute atomic E-state index is 13.0. The van der Waals surface area contributed by atoms with Crippen LogP contribution in [0.15, 0.2) is 29.2 Å². The largest absolute Gasteiger partial charge is 0.497 e. The molecule has 0 atom stereocenters. The van der Waals surface area contributed by atoms with Crippen molar-refractivity contribution in [1.29, 1.82) is 0 Å². The molecule has 0 heterocycles. The number of aliphatic hydroxyl groups is 1. The van der Waals surface area contributed by atoms with Crippen LogP contribution in [-0.4, -0.2) is 32.5 Å². The van der Waals surface area contributed by atoms with Gasteiger partial charge in [-0.05, 0) is 18.2 Å². The molecule has 1 aromatic carbocycles. The first kappa shape index (κ1) is 12.9. The Bertz CT molecular complexity index is 470. The van der Waals surface area contributed by atoms with E-state index in [1.807, 2.05) is 0 Å². The monoisotopic (exact) mass is 252 g/mol. The Balaban J connectivity index is 3.28. The van der Waals surface area contributed by atoms with Gasteiger partial charge in [-0.2, -0.15) is 8.78 Å². The van der Waals surface area contributed by atoms with Gasteiger partial charge < -0.3 is 9.84 Å². The fourth-order valence-electron chi connectivity index (χ4n) is 1.03. The number of sulfone groups is 1. The van der Waals surface area contributed by atoms with E-state index in [9.17, 15) is 17.2 Å². The SMILES string of the molecule is COc1cccc(S(=O)(=O)C(F)(F)CO)c1. The Morgan fingerprint density at radius 2 is 2.06 bits per heavy atom. The molecule has 0 aliphatic carbocycles. The molecule has 0 unspecified atom stereocenters. The van der Waals surface area contributed by atoms with Crippen molar-refractivity contribution in [3.8, 4) is 5.75 Å². The Kier molecular flexibility index (Phi) is 3.49. The van der Waals surface area contributed by atoms with Gasteiger partial charge in [0.15, 0.2) is 0 Å². The number of hydrogen-bond donors (Lipinski definition) is 1. The van der Waals surface area contributed by atoms with Gasteiger partial charge in [-0.25, -0.2) is 8.42 Å². The molecule has 1 N–H and O–H groups in total. The van der Waals surface area contributed by atoms with E-state index in [-0.39, 0.29) is 5.75 Å². The zero-order valence-corrected chi connectivity index (χ0v) is 9.17. The smallest absolute Gasteiger partial charge is 0.372 e. The van der Waals surface area contributed by atoms with Gasteiger partial charge in [-0.1, -0.05) is 6.07 Å². The highest BCUT2D eigenvalue weighted by Crippen LogP contribution is 2.30. The van der Waals surface area contributed by atoms with E-state index in [0.29, 0.717) is 0 Å². The van der Waals surface area contributed by atoms with E-state index in [1.165, 1.54) is 19.2 Å². The molecule has 0 saturated heterocycles. The van der Waals surface area contributed by atoms with Gasteiger partial charge in [0, 0.05) is 0 Å². The van der Waals surface area contributed by atoms with Crippen LogP contribution < -0.4 is 4.74 Å². The minimum absolute atomic E-state index is 0.148. The van der Waals surface area contributed by atoms with Gasteiger partial charge in [0.1, 0.15) is 12.4 Å². The summed E-state index contributed by atoms with van der Waals surface area (Å²) in [6, 6.07) is 4.69. The molecule has 0 saturated carbocycles. The van der Waals surface area contributed by atoms with Gasteiger partial charge in [0.25, 0.3) is 0 Å². The zero-order valence-electron chi connectivity index (χ0n) is 8.35. The first-order valence-corrected chi connectivity index (χ1v) is 5.71. The number of hydrogen-bond acceptors (Lipinski definition) is 4. The van der Waals surface area contributed by atoms with Gasteiger partial charge >= 0.3 is 5.25 Å². The summed E-state index contributed by atoms with van der Waals surface area (Å²) in [4.78, 5) is -0.592. The molecule has 0 radical (unpaired) electrons. The molecule has 7 heteroatoms. The first-order valence-electron chi connectivity index (χ1n) is 4.22. The van der Waals surface area contributed by atoms with Crippen LogP contribution in [0.1, 0.15) is 0 Å². The first-order chi connectivity index (χ1) is 7.35. The molecule has 1 aromatic rings. The van der Waals surface area contributed by atoms with Crippen LogP contribution in [0.5, 0.6) is 5.75 Å². The fourth-order valence-corrected chi connectivity index (χ4v) is 2.07. The number of rotatable bonds is 4. The molecular weight excluding hydrogens is 242 g/mol. The average Bonchev–Trinajstić information content (AvgIpc) is 2.28. The summed E-state index contributed by atoms with van der Waals surface area (Å²) in [7, 11) is -3.60. The number of methoxy groups -OCH3 is 1. The third-order valence-electron chi connectivity index (χ3n) is 1.93. The van der Waals surface area contributed by atoms with E-state index in [1.54, 1.807) is 0 Å². The Labute approximate surface area is 91.4 Å². The van der Waals surface area contributed by atoms with E-state index in [4.69, 9.17) is 9.84 Å². The number of halogens is 2. The van der Waals surface area contributed by atoms with Crippen molar-refractivity contribution in [2.45, 2.75) is 10.2 Å². The highest BCUT2D eigenvalue weighted by atomic mass is 32.2. The number of alkyl halides is 2. The average molecular weight is 252 g/mol. The number of ether oxygens (including phenoxy) is 1. The lowest BCUT2D eigenvalue weighted by atomic mass is 10.3. The van der Waals surface area contributed by atoms with Crippen molar-refractivity contribution in [3.05, 3.63) is 24.3 Å². The predicted octanol–water partition coefficient (Wildman–Crippen LogP) is 1.05. The van der Waals surface area contributed by atoms with Crippen molar-refractivity contribution < 1.29 is 27.0 Å². The van der Waals surface area contributed by atoms with Crippen molar-refractivity contribution in [3.63, 3.8) is 0 Å². The van der Waals surface area contributed by atoms with Crippen molar-refractivity contribution in [1.82, 2.24) is 0 Å². The summed E-state index contributed by atoms with van der Waals surface area (Å²) in [5, 5.41) is 4.16. The van der Waals surface area contributed by atoms with Crippen molar-refractivity contribution in [2.24, 2.45) is 0 Å². The third-order valence-corrected chi connectivity index (χ3v) is 3.72. The third kappa shape index (κ3) is 2.14. The van der Waals surface area contributed by atoms with Crippen LogP contribution in [0.25, 0.3) is 0 Å². The van der Waals surface area contributed by atoms with E-state index >= 15 is 0 Å². The normalized spacial score (nSPS) is 12.5. The molecule has 0 aliphatic heterocycles. The molecule has 0 spiro atoms. The summed E-state index contributed by atoms with van der Waals surface area (Å²) < 4.78 is 53.4. The standard InChI is InChI=1S/C9H10F2O4S/c1-15-7-3-2-4-8(5-7)16(13,14)9(10,11)6-12/h2-5,12H,6H2,1H3. The molecule has 0 bridgehead atoms. The second-order valence-electron chi connectivity index (χ2n) is 2.98. The Morgan fingerprint density at radius 1 is 1.44 bits per heavy atom. The minimum atomic E-state index is -4.88. The molecule has 16 heavy (non-hydrogen) atoms. The number of aliphatic hydroxyl groups excluding tert-OH is 1. The summed E-state index contributed by atoms with van der Waals surface area (Å²) in [5.41, 5.74) is 0. The van der Waals surface area contributed by atoms with Crippen LogP contribution in [0, 0.1) is 0 Å². The lowest BCUT2D eigenvalue weighted by Crippen LogP contribution is -2.32. The van der Waals surface area contributed by atoms with E-state index in [2.05, 4.69) is 0 Å². The lowest BCUT2D eigenvalue weighted by Gasteiger charge is -2.14. The highest BCUT2D eigenvalue weighted by Gasteiger charge is 2.45. The minimum Gasteiger partial charge on any atom is -0.497 e. The highest BCUT2D eigenvalue weighted by molar-refractivity contribution is 7.92. The second kappa shape index (κ2) is 4.34. The van der Waals surface area contributed by atoms with Crippen LogP contribution in [-0.2, 0) is 9.84 Å². The van der Waals surface area contributed by atoms with Crippen LogP contribution in [0.4, 0.5) is 8.78 Å². The van der Waals surface area contributed by atoms with E-state index < -0.39 is 26.6 Å². The topological polar surface area (TPSA) is 63.6 Å². The van der Waals surface area contributed by atoms with Crippen LogP contribution in [0.3, 0.4) is 0 Å². The molecule has 4 nitrogen and oxygen atoms in total. The molecule has 0 fully saturated rings. The summed E-state index contributed by atoms with van der Waals surface area (Å²) >= 11 is 0. The van der Waals surface area contributed by atoms with Gasteiger partial charge in [0.05, 0.1) is 12.0 Å². The van der Waals surface area contributed by atoms with Crippen LogP contribution >= 0.6 is 0 Å². The zero-order chi connectivity index (χ0) is 12.4. The second-order valence-corrected chi connectivity index (χ2v) is 5.05. The predicted molar refractivity (Wildman–Crippen MR) is 52.2 cm³/mol. The molecule has 90 valence electrons.